The maximum atomic E-state index is 14.5. The molecule has 0 bridgehead atoms. The minimum atomic E-state index is -1.54. The van der Waals surface area contributed by atoms with Crippen LogP contribution in [0.15, 0.2) is 66.7 Å². The largest absolute Gasteiger partial charge is 0.497 e. The zero-order chi connectivity index (χ0) is 26.1. The fourth-order valence-corrected chi connectivity index (χ4v) is 6.65. The van der Waals surface area contributed by atoms with Gasteiger partial charge in [-0.3, -0.25) is 14.4 Å². The summed E-state index contributed by atoms with van der Waals surface area (Å²) in [5.41, 5.74) is 2.66. The van der Waals surface area contributed by atoms with Crippen molar-refractivity contribution in [2.45, 2.75) is 31.8 Å². The molecule has 0 unspecified atom stereocenters. The van der Waals surface area contributed by atoms with E-state index in [2.05, 4.69) is 0 Å². The van der Waals surface area contributed by atoms with Crippen molar-refractivity contribution in [1.29, 1.82) is 0 Å². The number of rotatable bonds is 4. The Hall–Kier alpha value is -4.19. The van der Waals surface area contributed by atoms with Crippen molar-refractivity contribution in [3.63, 3.8) is 0 Å². The second kappa shape index (κ2) is 8.17. The lowest BCUT2D eigenvalue weighted by molar-refractivity contribution is -0.118. The van der Waals surface area contributed by atoms with Gasteiger partial charge in [0.2, 0.25) is 0 Å². The molecule has 37 heavy (non-hydrogen) atoms. The molecule has 6 nitrogen and oxygen atoms in total. The van der Waals surface area contributed by atoms with Crippen LogP contribution in [0.25, 0.3) is 6.08 Å². The second-order valence-corrected chi connectivity index (χ2v) is 9.99. The lowest BCUT2D eigenvalue weighted by Crippen LogP contribution is -2.48. The van der Waals surface area contributed by atoms with Gasteiger partial charge in [-0.2, -0.15) is 0 Å². The van der Waals surface area contributed by atoms with Crippen LogP contribution in [0.5, 0.6) is 11.5 Å². The topological polar surface area (TPSA) is 72.9 Å². The number of anilines is 1. The van der Waals surface area contributed by atoms with Gasteiger partial charge in [0, 0.05) is 28.3 Å². The monoisotopic (exact) mass is 493 g/mol. The van der Waals surface area contributed by atoms with Gasteiger partial charge in [-0.05, 0) is 49.2 Å². The maximum absolute atomic E-state index is 14.5. The molecule has 2 heterocycles. The van der Waals surface area contributed by atoms with E-state index in [0.29, 0.717) is 28.2 Å². The van der Waals surface area contributed by atoms with E-state index in [1.807, 2.05) is 42.2 Å². The van der Waals surface area contributed by atoms with E-state index in [9.17, 15) is 14.4 Å². The molecule has 3 aliphatic rings. The van der Waals surface area contributed by atoms with Crippen molar-refractivity contribution in [3.8, 4) is 11.5 Å². The average molecular weight is 494 g/mol. The zero-order valence-electron chi connectivity index (χ0n) is 21.1. The number of benzene rings is 3. The van der Waals surface area contributed by atoms with Gasteiger partial charge in [0.15, 0.2) is 17.3 Å². The molecule has 3 aromatic rings. The number of ether oxygens (including phenoxy) is 2. The lowest BCUT2D eigenvalue weighted by atomic mass is 9.64. The minimum Gasteiger partial charge on any atom is -0.497 e. The summed E-state index contributed by atoms with van der Waals surface area (Å²) in [4.78, 5) is 44.6. The summed E-state index contributed by atoms with van der Waals surface area (Å²) in [6, 6.07) is 16.9. The molecule has 0 N–H and O–H groups in total. The van der Waals surface area contributed by atoms with Crippen LogP contribution in [0.2, 0.25) is 0 Å². The highest BCUT2D eigenvalue weighted by atomic mass is 16.5. The molecule has 3 atom stereocenters. The Morgan fingerprint density at radius 1 is 0.919 bits per heavy atom. The van der Waals surface area contributed by atoms with Gasteiger partial charge in [-0.1, -0.05) is 48.6 Å². The van der Waals surface area contributed by atoms with Gasteiger partial charge in [-0.15, -0.1) is 0 Å². The minimum absolute atomic E-state index is 0.129. The van der Waals surface area contributed by atoms with Crippen molar-refractivity contribution < 1.29 is 23.9 Å². The van der Waals surface area contributed by atoms with Gasteiger partial charge in [-0.25, -0.2) is 0 Å². The molecule has 6 rings (SSSR count). The SMILES string of the molecule is COc1ccc(OC)c([C@H]2[C@H](C(C)=O)N3c4cc(C)ccc4C=C[C@@H]3C23C(=O)c2ccccc2C3=O)c1. The molecular weight excluding hydrogens is 466 g/mol. The molecule has 6 heteroatoms. The van der Waals surface area contributed by atoms with Crippen LogP contribution in [0.3, 0.4) is 0 Å². The number of hydrogen-bond donors (Lipinski definition) is 0. The third-order valence-electron chi connectivity index (χ3n) is 8.15. The van der Waals surface area contributed by atoms with E-state index in [-0.39, 0.29) is 17.3 Å². The van der Waals surface area contributed by atoms with E-state index in [0.717, 1.165) is 16.8 Å². The third-order valence-corrected chi connectivity index (χ3v) is 8.15. The highest BCUT2D eigenvalue weighted by Crippen LogP contribution is 2.61. The zero-order valence-corrected chi connectivity index (χ0v) is 21.1. The molecule has 1 aliphatic carbocycles. The Morgan fingerprint density at radius 2 is 1.62 bits per heavy atom. The Labute approximate surface area is 215 Å². The highest BCUT2D eigenvalue weighted by Gasteiger charge is 2.71. The highest BCUT2D eigenvalue weighted by molar-refractivity contribution is 6.32. The van der Waals surface area contributed by atoms with Crippen LogP contribution >= 0.6 is 0 Å². The number of Topliss-reactive ketones (excluding diaryl/α,β-unsaturated/α-hetero) is 3. The molecule has 1 spiro atoms. The van der Waals surface area contributed by atoms with Gasteiger partial charge in [0.1, 0.15) is 16.9 Å². The lowest BCUT2D eigenvalue weighted by Gasteiger charge is -2.37. The summed E-state index contributed by atoms with van der Waals surface area (Å²) in [7, 11) is 3.11. The Bertz CT molecular complexity index is 1480. The van der Waals surface area contributed by atoms with Crippen molar-refractivity contribution >= 4 is 29.1 Å². The summed E-state index contributed by atoms with van der Waals surface area (Å²) >= 11 is 0. The molecule has 0 amide bonds. The van der Waals surface area contributed by atoms with Crippen LogP contribution in [0.1, 0.15) is 50.2 Å². The Balaban J connectivity index is 1.72. The number of carbonyl (C=O) groups excluding carboxylic acids is 3. The van der Waals surface area contributed by atoms with Gasteiger partial charge in [0.05, 0.1) is 26.3 Å². The van der Waals surface area contributed by atoms with Gasteiger partial charge in [0.25, 0.3) is 0 Å². The maximum Gasteiger partial charge on any atom is 0.180 e. The molecule has 186 valence electrons. The van der Waals surface area contributed by atoms with Crippen LogP contribution in [-0.2, 0) is 4.79 Å². The fourth-order valence-electron chi connectivity index (χ4n) is 6.65. The molecule has 1 saturated heterocycles. The average Bonchev–Trinajstić information content (AvgIpc) is 3.35. The number of hydrogen-bond acceptors (Lipinski definition) is 6. The summed E-state index contributed by atoms with van der Waals surface area (Å²) < 4.78 is 11.3. The van der Waals surface area contributed by atoms with Crippen LogP contribution in [-0.4, -0.2) is 43.7 Å². The molecule has 3 aromatic carbocycles. The summed E-state index contributed by atoms with van der Waals surface area (Å²) in [5.74, 6) is -0.397. The van der Waals surface area contributed by atoms with Gasteiger partial charge >= 0.3 is 0 Å². The predicted octanol–water partition coefficient (Wildman–Crippen LogP) is 5.03. The quantitative estimate of drug-likeness (QED) is 0.475. The van der Waals surface area contributed by atoms with Gasteiger partial charge < -0.3 is 14.4 Å². The van der Waals surface area contributed by atoms with Crippen LogP contribution in [0.4, 0.5) is 5.69 Å². The third kappa shape index (κ3) is 2.95. The van der Waals surface area contributed by atoms with Crippen molar-refractivity contribution in [2.75, 3.05) is 19.1 Å². The van der Waals surface area contributed by atoms with E-state index >= 15 is 0 Å². The first-order chi connectivity index (χ1) is 17.8. The first-order valence-corrected chi connectivity index (χ1v) is 12.3. The fraction of sp³-hybridized carbons (Fsp3) is 0.258. The van der Waals surface area contributed by atoms with E-state index < -0.39 is 23.4 Å². The molecule has 0 saturated carbocycles. The summed E-state index contributed by atoms with van der Waals surface area (Å²) in [5, 5.41) is 0. The number of methoxy groups -OCH3 is 2. The second-order valence-electron chi connectivity index (χ2n) is 9.99. The summed E-state index contributed by atoms with van der Waals surface area (Å²) in [6.07, 6.45) is 3.88. The van der Waals surface area contributed by atoms with Crippen molar-refractivity contribution in [1.82, 2.24) is 0 Å². The smallest absolute Gasteiger partial charge is 0.180 e. The molecule has 0 radical (unpaired) electrons. The van der Waals surface area contributed by atoms with E-state index in [1.165, 1.54) is 6.92 Å². The number of carbonyl (C=O) groups is 3. The molecular formula is C31H27NO5. The number of nitrogens with zero attached hydrogens (tertiary/aromatic N) is 1. The number of ketones is 3. The van der Waals surface area contributed by atoms with E-state index in [4.69, 9.17) is 9.47 Å². The Morgan fingerprint density at radius 3 is 2.24 bits per heavy atom. The van der Waals surface area contributed by atoms with Crippen molar-refractivity contribution in [3.05, 3.63) is 94.6 Å². The van der Waals surface area contributed by atoms with Crippen LogP contribution in [0, 0.1) is 12.3 Å². The predicted molar refractivity (Wildman–Crippen MR) is 141 cm³/mol. The van der Waals surface area contributed by atoms with Crippen LogP contribution < -0.4 is 14.4 Å². The normalized spacial score (nSPS) is 22.6. The standard InChI is InChI=1S/C31H27NO5/c1-17-9-10-19-11-14-26-31(29(34)21-7-5-6-8-22(21)30(31)35)27(28(18(2)33)32(26)24(19)15-17)23-16-20(36-3)12-13-25(23)37-4/h5-16,26-28H,1-4H3/t26-,27+,28+/m1/s1. The first kappa shape index (κ1) is 23.2. The van der Waals surface area contributed by atoms with Crippen molar-refractivity contribution in [2.24, 2.45) is 5.41 Å². The molecule has 0 aromatic heterocycles. The Kier molecular flexibility index (Phi) is 5.13. The van der Waals surface area contributed by atoms with E-state index in [1.54, 1.807) is 56.7 Å². The first-order valence-electron chi connectivity index (χ1n) is 12.3. The number of fused-ring (bicyclic) bond motifs is 5. The molecule has 2 aliphatic heterocycles. The molecule has 1 fully saturated rings. The summed E-state index contributed by atoms with van der Waals surface area (Å²) in [6.45, 7) is 3.53. The number of aryl methyl sites for hydroxylation is 1.